The third-order valence-corrected chi connectivity index (χ3v) is 4.35. The first-order chi connectivity index (χ1) is 9.22. The van der Waals surface area contributed by atoms with Crippen molar-refractivity contribution in [2.45, 2.75) is 58.8 Å². The first kappa shape index (κ1) is 15.7. The Morgan fingerprint density at radius 1 is 1.35 bits per heavy atom. The second-order valence-corrected chi connectivity index (χ2v) is 7.65. The van der Waals surface area contributed by atoms with Gasteiger partial charge in [-0.05, 0) is 41.2 Å². The highest BCUT2D eigenvalue weighted by molar-refractivity contribution is 7.13. The van der Waals surface area contributed by atoms with Crippen molar-refractivity contribution in [1.29, 1.82) is 0 Å². The number of aromatic nitrogens is 1. The summed E-state index contributed by atoms with van der Waals surface area (Å²) < 4.78 is 6.13. The fourth-order valence-electron chi connectivity index (χ4n) is 2.95. The summed E-state index contributed by atoms with van der Waals surface area (Å²) >= 11 is 1.73. The number of hydrogen-bond acceptors (Lipinski definition) is 5. The van der Waals surface area contributed by atoms with Gasteiger partial charge in [-0.15, -0.1) is 11.3 Å². The van der Waals surface area contributed by atoms with Crippen molar-refractivity contribution < 1.29 is 4.74 Å². The molecule has 0 saturated carbocycles. The van der Waals surface area contributed by atoms with Crippen LogP contribution in [0.4, 0.5) is 5.13 Å². The summed E-state index contributed by atoms with van der Waals surface area (Å²) in [7, 11) is 0. The zero-order valence-electron chi connectivity index (χ0n) is 13.5. The molecule has 1 aromatic heterocycles. The van der Waals surface area contributed by atoms with Crippen LogP contribution in [0, 0.1) is 0 Å². The van der Waals surface area contributed by atoms with E-state index in [1.807, 2.05) is 0 Å². The van der Waals surface area contributed by atoms with Gasteiger partial charge in [0.1, 0.15) is 0 Å². The predicted octanol–water partition coefficient (Wildman–Crippen LogP) is 3.21. The third-order valence-electron chi connectivity index (χ3n) is 3.43. The monoisotopic (exact) mass is 297 g/mol. The van der Waals surface area contributed by atoms with Crippen molar-refractivity contribution >= 4 is 16.5 Å². The van der Waals surface area contributed by atoms with Crippen molar-refractivity contribution in [3.05, 3.63) is 11.1 Å². The number of ether oxygens (including phenoxy) is 1. The van der Waals surface area contributed by atoms with Crippen molar-refractivity contribution in [2.75, 3.05) is 24.5 Å². The van der Waals surface area contributed by atoms with Crippen LogP contribution in [-0.2, 0) is 4.74 Å². The molecule has 1 N–H and O–H groups in total. The molecule has 1 atom stereocenters. The molecule has 1 unspecified atom stereocenters. The van der Waals surface area contributed by atoms with Crippen molar-refractivity contribution in [1.82, 2.24) is 10.3 Å². The SMILES string of the molecule is CCNC(C)c1csc(N2CC(C)(C)OC(C)(C)C2)n1. The topological polar surface area (TPSA) is 37.4 Å². The molecule has 1 saturated heterocycles. The minimum absolute atomic E-state index is 0.138. The molecule has 114 valence electrons. The zero-order valence-corrected chi connectivity index (χ0v) is 14.3. The number of anilines is 1. The summed E-state index contributed by atoms with van der Waals surface area (Å²) in [6.45, 7) is 15.6. The van der Waals surface area contributed by atoms with Crippen LogP contribution in [0.2, 0.25) is 0 Å². The molecule has 0 aromatic carbocycles. The molecule has 1 fully saturated rings. The first-order valence-corrected chi connectivity index (χ1v) is 8.24. The number of morpholine rings is 1. The van der Waals surface area contributed by atoms with E-state index in [0.717, 1.165) is 30.5 Å². The minimum Gasteiger partial charge on any atom is -0.366 e. The van der Waals surface area contributed by atoms with E-state index in [1.165, 1.54) is 0 Å². The van der Waals surface area contributed by atoms with Gasteiger partial charge in [0, 0.05) is 24.5 Å². The third kappa shape index (κ3) is 3.71. The maximum absolute atomic E-state index is 6.13. The first-order valence-electron chi connectivity index (χ1n) is 7.36. The average Bonchev–Trinajstić information content (AvgIpc) is 2.74. The van der Waals surface area contributed by atoms with E-state index < -0.39 is 0 Å². The lowest BCUT2D eigenvalue weighted by Gasteiger charge is -2.47. The van der Waals surface area contributed by atoms with Crippen LogP contribution < -0.4 is 10.2 Å². The lowest BCUT2D eigenvalue weighted by atomic mass is 9.99. The van der Waals surface area contributed by atoms with Crippen LogP contribution in [-0.4, -0.2) is 35.8 Å². The van der Waals surface area contributed by atoms with Gasteiger partial charge in [0.25, 0.3) is 0 Å². The lowest BCUT2D eigenvalue weighted by molar-refractivity contribution is -0.133. The highest BCUT2D eigenvalue weighted by atomic mass is 32.1. The van der Waals surface area contributed by atoms with Crippen molar-refractivity contribution in [3.63, 3.8) is 0 Å². The van der Waals surface area contributed by atoms with Gasteiger partial charge in [0.2, 0.25) is 0 Å². The predicted molar refractivity (Wildman–Crippen MR) is 85.7 cm³/mol. The van der Waals surface area contributed by atoms with Crippen LogP contribution in [0.15, 0.2) is 5.38 Å². The molecule has 0 bridgehead atoms. The number of nitrogens with zero attached hydrogens (tertiary/aromatic N) is 2. The fourth-order valence-corrected chi connectivity index (χ4v) is 3.87. The van der Waals surface area contributed by atoms with Gasteiger partial charge in [-0.3, -0.25) is 0 Å². The average molecular weight is 297 g/mol. The fraction of sp³-hybridized carbons (Fsp3) is 0.800. The summed E-state index contributed by atoms with van der Waals surface area (Å²) in [5, 5.41) is 6.68. The van der Waals surface area contributed by atoms with Gasteiger partial charge in [-0.25, -0.2) is 4.98 Å². The highest BCUT2D eigenvalue weighted by Crippen LogP contribution is 2.33. The lowest BCUT2D eigenvalue weighted by Crippen LogP contribution is -2.57. The maximum atomic E-state index is 6.13. The molecule has 0 aliphatic carbocycles. The van der Waals surface area contributed by atoms with Crippen LogP contribution >= 0.6 is 11.3 Å². The summed E-state index contributed by atoms with van der Waals surface area (Å²) in [5.41, 5.74) is 0.857. The smallest absolute Gasteiger partial charge is 0.185 e. The molecular weight excluding hydrogens is 270 g/mol. The summed E-state index contributed by atoms with van der Waals surface area (Å²) in [6.07, 6.45) is 0. The van der Waals surface area contributed by atoms with Gasteiger partial charge in [-0.2, -0.15) is 0 Å². The number of hydrogen-bond donors (Lipinski definition) is 1. The van der Waals surface area contributed by atoms with Crippen LogP contribution in [0.25, 0.3) is 0 Å². The van der Waals surface area contributed by atoms with Gasteiger partial charge in [0.05, 0.1) is 16.9 Å². The van der Waals surface area contributed by atoms with Crippen LogP contribution in [0.3, 0.4) is 0 Å². The summed E-state index contributed by atoms with van der Waals surface area (Å²) in [4.78, 5) is 7.17. The molecule has 0 radical (unpaired) electrons. The van der Waals surface area contributed by atoms with Crippen LogP contribution in [0.1, 0.15) is 53.3 Å². The normalized spacial score (nSPS) is 22.8. The number of rotatable bonds is 4. The Bertz CT molecular complexity index is 440. The molecule has 4 nitrogen and oxygen atoms in total. The van der Waals surface area contributed by atoms with E-state index >= 15 is 0 Å². The summed E-state index contributed by atoms with van der Waals surface area (Å²) in [5.74, 6) is 0. The van der Waals surface area contributed by atoms with Crippen molar-refractivity contribution in [2.24, 2.45) is 0 Å². The molecule has 1 aliphatic heterocycles. The van der Waals surface area contributed by atoms with Crippen molar-refractivity contribution in [3.8, 4) is 0 Å². The molecule has 2 heterocycles. The van der Waals surface area contributed by atoms with E-state index in [9.17, 15) is 0 Å². The van der Waals surface area contributed by atoms with E-state index in [4.69, 9.17) is 9.72 Å². The number of thiazole rings is 1. The van der Waals surface area contributed by atoms with E-state index in [1.54, 1.807) is 11.3 Å². The maximum Gasteiger partial charge on any atom is 0.185 e. The molecule has 0 spiro atoms. The molecule has 1 aromatic rings. The molecular formula is C15H27N3OS. The highest BCUT2D eigenvalue weighted by Gasteiger charge is 2.39. The van der Waals surface area contributed by atoms with Gasteiger partial charge >= 0.3 is 0 Å². The second-order valence-electron chi connectivity index (χ2n) is 6.81. The Hall–Kier alpha value is -0.650. The quantitative estimate of drug-likeness (QED) is 0.926. The van der Waals surface area contributed by atoms with E-state index in [2.05, 4.69) is 57.1 Å². The molecule has 5 heteroatoms. The Morgan fingerprint density at radius 2 is 1.95 bits per heavy atom. The van der Waals surface area contributed by atoms with E-state index in [-0.39, 0.29) is 11.2 Å². The molecule has 2 rings (SSSR count). The number of nitrogens with one attached hydrogen (secondary N) is 1. The Labute approximate surface area is 126 Å². The largest absolute Gasteiger partial charge is 0.366 e. The Balaban J connectivity index is 2.15. The molecule has 0 amide bonds. The summed E-state index contributed by atoms with van der Waals surface area (Å²) in [6, 6.07) is 0.312. The van der Waals surface area contributed by atoms with Gasteiger partial charge in [-0.1, -0.05) is 6.92 Å². The van der Waals surface area contributed by atoms with Gasteiger partial charge in [0.15, 0.2) is 5.13 Å². The standard InChI is InChI=1S/C15H27N3OS/c1-7-16-11(2)12-8-20-13(17-12)18-9-14(3,4)19-15(5,6)10-18/h8,11,16H,7,9-10H2,1-6H3. The second kappa shape index (κ2) is 5.62. The zero-order chi connectivity index (χ0) is 15.0. The molecule has 1 aliphatic rings. The van der Waals surface area contributed by atoms with E-state index in [0.29, 0.717) is 6.04 Å². The van der Waals surface area contributed by atoms with Gasteiger partial charge < -0.3 is 15.0 Å². The Kier molecular flexibility index (Phi) is 4.42. The van der Waals surface area contributed by atoms with Crippen LogP contribution in [0.5, 0.6) is 0 Å². The Morgan fingerprint density at radius 3 is 2.50 bits per heavy atom. The molecule has 20 heavy (non-hydrogen) atoms. The minimum atomic E-state index is -0.138.